The van der Waals surface area contributed by atoms with Crippen molar-refractivity contribution in [2.24, 2.45) is 5.41 Å². The Kier molecular flexibility index (Phi) is 4.34. The highest BCUT2D eigenvalue weighted by atomic mass is 79.9. The molecule has 1 aliphatic rings. The van der Waals surface area contributed by atoms with Gasteiger partial charge in [0.05, 0.1) is 0 Å². The maximum absolute atomic E-state index is 12.5. The van der Waals surface area contributed by atoms with Gasteiger partial charge in [0.2, 0.25) is 0 Å². The predicted octanol–water partition coefficient (Wildman–Crippen LogP) is 4.41. The standard InChI is InChI=1S/C16H22BrNO/c1-4-16(3)7-9-18(10-8-16)15(19)13-6-5-12(2)14(17)11-13/h5-6,11H,4,7-10H2,1-3H3. The van der Waals surface area contributed by atoms with Gasteiger partial charge in [0.25, 0.3) is 5.91 Å². The largest absolute Gasteiger partial charge is 0.339 e. The van der Waals surface area contributed by atoms with E-state index in [1.54, 1.807) is 0 Å². The second-order valence-electron chi connectivity index (χ2n) is 5.92. The molecule has 0 saturated carbocycles. The molecule has 1 heterocycles. The van der Waals surface area contributed by atoms with Crippen molar-refractivity contribution in [3.63, 3.8) is 0 Å². The molecule has 1 aromatic rings. The summed E-state index contributed by atoms with van der Waals surface area (Å²) in [5.41, 5.74) is 2.37. The zero-order valence-corrected chi connectivity index (χ0v) is 13.6. The Bertz CT molecular complexity index is 476. The molecule has 0 bridgehead atoms. The highest BCUT2D eigenvalue weighted by molar-refractivity contribution is 9.10. The van der Waals surface area contributed by atoms with Gasteiger partial charge in [-0.2, -0.15) is 0 Å². The maximum Gasteiger partial charge on any atom is 0.253 e. The van der Waals surface area contributed by atoms with Gasteiger partial charge < -0.3 is 4.90 Å². The molecule has 1 saturated heterocycles. The zero-order chi connectivity index (χ0) is 14.0. The van der Waals surface area contributed by atoms with Crippen LogP contribution in [0.3, 0.4) is 0 Å². The molecule has 19 heavy (non-hydrogen) atoms. The van der Waals surface area contributed by atoms with Crippen molar-refractivity contribution < 1.29 is 4.79 Å². The summed E-state index contributed by atoms with van der Waals surface area (Å²) in [6.07, 6.45) is 3.43. The van der Waals surface area contributed by atoms with E-state index in [-0.39, 0.29) is 5.91 Å². The monoisotopic (exact) mass is 323 g/mol. The molecule has 1 aliphatic heterocycles. The molecule has 0 aliphatic carbocycles. The molecule has 0 atom stereocenters. The minimum absolute atomic E-state index is 0.166. The van der Waals surface area contributed by atoms with Crippen molar-refractivity contribution in [3.05, 3.63) is 33.8 Å². The van der Waals surface area contributed by atoms with Crippen molar-refractivity contribution in [2.45, 2.75) is 40.0 Å². The van der Waals surface area contributed by atoms with E-state index in [9.17, 15) is 4.79 Å². The molecule has 0 unspecified atom stereocenters. The van der Waals surface area contributed by atoms with Gasteiger partial charge in [-0.3, -0.25) is 4.79 Å². The summed E-state index contributed by atoms with van der Waals surface area (Å²) in [6, 6.07) is 5.86. The lowest BCUT2D eigenvalue weighted by molar-refractivity contribution is 0.0600. The molecule has 2 nitrogen and oxygen atoms in total. The smallest absolute Gasteiger partial charge is 0.253 e. The Morgan fingerprint density at radius 2 is 2.00 bits per heavy atom. The van der Waals surface area contributed by atoms with E-state index >= 15 is 0 Å². The van der Waals surface area contributed by atoms with Crippen LogP contribution in [0.25, 0.3) is 0 Å². The molecule has 1 aromatic carbocycles. The van der Waals surface area contributed by atoms with Crippen LogP contribution >= 0.6 is 15.9 Å². The summed E-state index contributed by atoms with van der Waals surface area (Å²) in [7, 11) is 0. The predicted molar refractivity (Wildman–Crippen MR) is 82.4 cm³/mol. The van der Waals surface area contributed by atoms with Crippen molar-refractivity contribution in [1.82, 2.24) is 4.90 Å². The summed E-state index contributed by atoms with van der Waals surface area (Å²) in [5, 5.41) is 0. The molecular formula is C16H22BrNO. The van der Waals surface area contributed by atoms with Gasteiger partial charge in [-0.1, -0.05) is 42.3 Å². The summed E-state index contributed by atoms with van der Waals surface area (Å²) >= 11 is 3.50. The molecular weight excluding hydrogens is 302 g/mol. The van der Waals surface area contributed by atoms with Gasteiger partial charge in [-0.05, 0) is 42.9 Å². The molecule has 0 radical (unpaired) electrons. The van der Waals surface area contributed by atoms with E-state index in [1.165, 1.54) is 6.42 Å². The minimum atomic E-state index is 0.166. The average Bonchev–Trinajstić information content (AvgIpc) is 2.42. The highest BCUT2D eigenvalue weighted by Gasteiger charge is 2.30. The first-order chi connectivity index (χ1) is 8.95. The number of benzene rings is 1. The van der Waals surface area contributed by atoms with Crippen LogP contribution < -0.4 is 0 Å². The fourth-order valence-corrected chi connectivity index (χ4v) is 2.89. The third-order valence-electron chi connectivity index (χ3n) is 4.53. The number of rotatable bonds is 2. The van der Waals surface area contributed by atoms with Crippen LogP contribution in [0.4, 0.5) is 0 Å². The number of nitrogens with zero attached hydrogens (tertiary/aromatic N) is 1. The molecule has 0 N–H and O–H groups in total. The number of carbonyl (C=O) groups excluding carboxylic acids is 1. The van der Waals surface area contributed by atoms with Gasteiger partial charge in [-0.25, -0.2) is 0 Å². The third-order valence-corrected chi connectivity index (χ3v) is 5.38. The van der Waals surface area contributed by atoms with E-state index in [0.29, 0.717) is 5.41 Å². The van der Waals surface area contributed by atoms with Crippen molar-refractivity contribution >= 4 is 21.8 Å². The van der Waals surface area contributed by atoms with Crippen LogP contribution in [0.2, 0.25) is 0 Å². The molecule has 0 spiro atoms. The normalized spacial score (nSPS) is 18.4. The lowest BCUT2D eigenvalue weighted by atomic mass is 9.78. The first kappa shape index (κ1) is 14.6. The van der Waals surface area contributed by atoms with Crippen molar-refractivity contribution in [2.75, 3.05) is 13.1 Å². The fraction of sp³-hybridized carbons (Fsp3) is 0.562. The summed E-state index contributed by atoms with van der Waals surface area (Å²) in [6.45, 7) is 8.38. The lowest BCUT2D eigenvalue weighted by Gasteiger charge is -2.39. The van der Waals surface area contributed by atoms with Gasteiger partial charge >= 0.3 is 0 Å². The summed E-state index contributed by atoms with van der Waals surface area (Å²) in [4.78, 5) is 14.5. The Morgan fingerprint density at radius 3 is 2.53 bits per heavy atom. The van der Waals surface area contributed by atoms with Gasteiger partial charge in [0, 0.05) is 23.1 Å². The highest BCUT2D eigenvalue weighted by Crippen LogP contribution is 2.34. The van der Waals surface area contributed by atoms with E-state index in [2.05, 4.69) is 29.8 Å². The van der Waals surface area contributed by atoms with Crippen LogP contribution in [0.5, 0.6) is 0 Å². The molecule has 2 rings (SSSR count). The first-order valence-corrected chi connectivity index (χ1v) is 7.80. The third kappa shape index (κ3) is 3.19. The Hall–Kier alpha value is -0.830. The number of carbonyl (C=O) groups is 1. The number of aryl methyl sites for hydroxylation is 1. The Balaban J connectivity index is 2.07. The van der Waals surface area contributed by atoms with Crippen molar-refractivity contribution in [1.29, 1.82) is 0 Å². The van der Waals surface area contributed by atoms with Gasteiger partial charge in [0.15, 0.2) is 0 Å². The van der Waals surface area contributed by atoms with E-state index in [1.807, 2.05) is 30.0 Å². The zero-order valence-electron chi connectivity index (χ0n) is 12.0. The van der Waals surface area contributed by atoms with E-state index in [4.69, 9.17) is 0 Å². The van der Waals surface area contributed by atoms with Crippen LogP contribution in [0.1, 0.15) is 49.0 Å². The van der Waals surface area contributed by atoms with E-state index in [0.717, 1.165) is 41.5 Å². The molecule has 3 heteroatoms. The number of halogens is 1. The quantitative estimate of drug-likeness (QED) is 0.789. The molecule has 1 fully saturated rings. The topological polar surface area (TPSA) is 20.3 Å². The summed E-state index contributed by atoms with van der Waals surface area (Å²) < 4.78 is 1.01. The van der Waals surface area contributed by atoms with Crippen LogP contribution in [0, 0.1) is 12.3 Å². The van der Waals surface area contributed by atoms with Gasteiger partial charge in [0.1, 0.15) is 0 Å². The Labute approximate surface area is 124 Å². The number of hydrogen-bond acceptors (Lipinski definition) is 1. The van der Waals surface area contributed by atoms with Crippen LogP contribution in [0.15, 0.2) is 22.7 Å². The molecule has 1 amide bonds. The fourth-order valence-electron chi connectivity index (χ4n) is 2.51. The second-order valence-corrected chi connectivity index (χ2v) is 6.77. The van der Waals surface area contributed by atoms with Crippen molar-refractivity contribution in [3.8, 4) is 0 Å². The Morgan fingerprint density at radius 1 is 1.37 bits per heavy atom. The van der Waals surface area contributed by atoms with Crippen LogP contribution in [-0.2, 0) is 0 Å². The number of likely N-dealkylation sites (tertiary alicyclic amines) is 1. The lowest BCUT2D eigenvalue weighted by Crippen LogP contribution is -2.41. The number of amides is 1. The number of piperidine rings is 1. The SMILES string of the molecule is CCC1(C)CCN(C(=O)c2ccc(C)c(Br)c2)CC1. The molecule has 0 aromatic heterocycles. The second kappa shape index (κ2) is 5.66. The molecule has 104 valence electrons. The summed E-state index contributed by atoms with van der Waals surface area (Å²) in [5.74, 6) is 0.166. The maximum atomic E-state index is 12.5. The minimum Gasteiger partial charge on any atom is -0.339 e. The van der Waals surface area contributed by atoms with Crippen LogP contribution in [-0.4, -0.2) is 23.9 Å². The number of hydrogen-bond donors (Lipinski definition) is 0. The van der Waals surface area contributed by atoms with Gasteiger partial charge in [-0.15, -0.1) is 0 Å². The first-order valence-electron chi connectivity index (χ1n) is 7.00. The van der Waals surface area contributed by atoms with E-state index < -0.39 is 0 Å². The average molecular weight is 324 g/mol.